The van der Waals surface area contributed by atoms with Crippen LogP contribution in [0.5, 0.6) is 5.75 Å². The van der Waals surface area contributed by atoms with E-state index in [-0.39, 0.29) is 24.9 Å². The Morgan fingerprint density at radius 1 is 1.00 bits per heavy atom. The molecule has 0 aromatic heterocycles. The number of nitrogens with one attached hydrogen (secondary N) is 1. The summed E-state index contributed by atoms with van der Waals surface area (Å²) in [6.45, 7) is 0.0954. The maximum atomic E-state index is 12.9. The number of carbonyl (C=O) groups excluding carboxylic acids is 2. The molecule has 186 valence electrons. The highest BCUT2D eigenvalue weighted by atomic mass is 16.6. The van der Waals surface area contributed by atoms with E-state index in [0.29, 0.717) is 16.9 Å². The number of ether oxygens (including phenoxy) is 2. The highest BCUT2D eigenvalue weighted by Crippen LogP contribution is 2.44. The molecular weight excluding hydrogens is 460 g/mol. The van der Waals surface area contributed by atoms with Crippen LogP contribution >= 0.6 is 0 Å². The Hall–Kier alpha value is -4.33. The number of fused-ring (bicyclic) bond motifs is 3. The highest BCUT2D eigenvalue weighted by molar-refractivity contribution is 5.96. The van der Waals surface area contributed by atoms with Crippen molar-refractivity contribution in [3.8, 4) is 16.9 Å². The number of likely N-dealkylation sites (N-methyl/N-ethyl adjacent to an activating group) is 1. The number of aliphatic carboxylic acids is 1. The van der Waals surface area contributed by atoms with Crippen molar-refractivity contribution < 1.29 is 29.0 Å². The lowest BCUT2D eigenvalue weighted by Crippen LogP contribution is -2.44. The predicted octanol–water partition coefficient (Wildman–Crippen LogP) is 3.93. The van der Waals surface area contributed by atoms with E-state index in [4.69, 9.17) is 9.47 Å². The quantitative estimate of drug-likeness (QED) is 0.498. The first-order chi connectivity index (χ1) is 17.3. The van der Waals surface area contributed by atoms with Crippen LogP contribution in [0.1, 0.15) is 33.0 Å². The second-order valence-electron chi connectivity index (χ2n) is 8.59. The summed E-state index contributed by atoms with van der Waals surface area (Å²) in [4.78, 5) is 38.1. The number of methoxy groups -OCH3 is 1. The van der Waals surface area contributed by atoms with E-state index in [1.807, 2.05) is 48.5 Å². The zero-order chi connectivity index (χ0) is 25.8. The van der Waals surface area contributed by atoms with Gasteiger partial charge in [0.1, 0.15) is 18.4 Å². The van der Waals surface area contributed by atoms with Crippen molar-refractivity contribution in [2.24, 2.45) is 0 Å². The smallest absolute Gasteiger partial charge is 0.410 e. The minimum Gasteiger partial charge on any atom is -0.496 e. The number of hydrogen-bond donors (Lipinski definition) is 2. The molecule has 0 saturated carbocycles. The summed E-state index contributed by atoms with van der Waals surface area (Å²) in [5.74, 6) is -1.29. The Morgan fingerprint density at radius 2 is 1.61 bits per heavy atom. The molecule has 1 unspecified atom stereocenters. The molecule has 0 spiro atoms. The monoisotopic (exact) mass is 488 g/mol. The zero-order valence-corrected chi connectivity index (χ0v) is 20.4. The summed E-state index contributed by atoms with van der Waals surface area (Å²) in [6.07, 6.45) is -0.710. The van der Waals surface area contributed by atoms with Crippen molar-refractivity contribution >= 4 is 18.0 Å². The van der Waals surface area contributed by atoms with E-state index in [0.717, 1.165) is 27.2 Å². The number of amides is 2. The Balaban J connectivity index is 1.48. The molecule has 3 aromatic rings. The molecule has 1 aliphatic carbocycles. The number of carboxylic acids is 1. The van der Waals surface area contributed by atoms with Crippen LogP contribution in [0.15, 0.2) is 66.7 Å². The van der Waals surface area contributed by atoms with Gasteiger partial charge in [0, 0.05) is 26.4 Å². The van der Waals surface area contributed by atoms with Crippen molar-refractivity contribution in [2.45, 2.75) is 18.4 Å². The second-order valence-corrected chi connectivity index (χ2v) is 8.59. The summed E-state index contributed by atoms with van der Waals surface area (Å²) in [7, 11) is 4.36. The van der Waals surface area contributed by atoms with Crippen molar-refractivity contribution in [1.82, 2.24) is 10.2 Å². The third-order valence-electron chi connectivity index (χ3n) is 6.54. The molecular formula is C28H28N2O6. The minimum absolute atomic E-state index is 0.0143. The van der Waals surface area contributed by atoms with Crippen LogP contribution in [-0.2, 0) is 16.0 Å². The van der Waals surface area contributed by atoms with E-state index < -0.39 is 18.1 Å². The van der Waals surface area contributed by atoms with E-state index in [2.05, 4.69) is 5.32 Å². The van der Waals surface area contributed by atoms with E-state index >= 15 is 0 Å². The largest absolute Gasteiger partial charge is 0.496 e. The minimum atomic E-state index is -1.17. The maximum Gasteiger partial charge on any atom is 0.410 e. The van der Waals surface area contributed by atoms with Gasteiger partial charge in [0.25, 0.3) is 5.91 Å². The number of carbonyl (C=O) groups is 3. The SMILES string of the molecule is CNC(=O)c1ccc(CC(C(=O)O)N(C)C(=O)OCC2c3ccccc3-c3ccccc32)cc1OC. The third kappa shape index (κ3) is 4.75. The van der Waals surface area contributed by atoms with Crippen molar-refractivity contribution in [3.63, 3.8) is 0 Å². The average Bonchev–Trinajstić information content (AvgIpc) is 3.22. The topological polar surface area (TPSA) is 105 Å². The standard InChI is InChI=1S/C28H28N2O6/c1-29-26(31)22-13-12-17(15-25(22)35-3)14-24(27(32)33)30(2)28(34)36-16-23-20-10-6-4-8-18(20)19-9-5-7-11-21(19)23/h4-13,15,23-24H,14,16H2,1-3H3,(H,29,31)(H,32,33). The van der Waals surface area contributed by atoms with Gasteiger partial charge in [-0.1, -0.05) is 54.6 Å². The summed E-state index contributed by atoms with van der Waals surface area (Å²) in [6, 6.07) is 19.7. The van der Waals surface area contributed by atoms with Gasteiger partial charge in [0.15, 0.2) is 0 Å². The van der Waals surface area contributed by atoms with Crippen molar-refractivity contribution in [3.05, 3.63) is 89.0 Å². The summed E-state index contributed by atoms with van der Waals surface area (Å²) in [5.41, 5.74) is 5.31. The average molecular weight is 489 g/mol. The molecule has 0 radical (unpaired) electrons. The number of benzene rings is 3. The van der Waals surface area contributed by atoms with Crippen LogP contribution in [0.2, 0.25) is 0 Å². The Kier molecular flexibility index (Phi) is 7.24. The van der Waals surface area contributed by atoms with Gasteiger partial charge >= 0.3 is 12.1 Å². The molecule has 4 rings (SSSR count). The van der Waals surface area contributed by atoms with Crippen LogP contribution < -0.4 is 10.1 Å². The first kappa shape index (κ1) is 24.8. The normalized spacial score (nSPS) is 12.8. The lowest BCUT2D eigenvalue weighted by Gasteiger charge is -2.25. The first-order valence-corrected chi connectivity index (χ1v) is 11.5. The lowest BCUT2D eigenvalue weighted by molar-refractivity contribution is -0.142. The number of rotatable bonds is 8. The Morgan fingerprint density at radius 3 is 2.17 bits per heavy atom. The number of carboxylic acid groups (broad SMARTS) is 1. The van der Waals surface area contributed by atoms with Gasteiger partial charge in [-0.05, 0) is 39.9 Å². The molecule has 0 aliphatic heterocycles. The van der Waals surface area contributed by atoms with E-state index in [9.17, 15) is 19.5 Å². The van der Waals surface area contributed by atoms with Crippen LogP contribution in [0.25, 0.3) is 11.1 Å². The molecule has 0 bridgehead atoms. The second kappa shape index (κ2) is 10.5. The maximum absolute atomic E-state index is 12.9. The zero-order valence-electron chi connectivity index (χ0n) is 20.4. The van der Waals surface area contributed by atoms with Gasteiger partial charge in [0.2, 0.25) is 0 Å². The van der Waals surface area contributed by atoms with Gasteiger partial charge in [-0.2, -0.15) is 0 Å². The molecule has 1 aliphatic rings. The molecule has 3 aromatic carbocycles. The van der Waals surface area contributed by atoms with Crippen LogP contribution in [-0.4, -0.2) is 61.8 Å². The van der Waals surface area contributed by atoms with Crippen LogP contribution in [0, 0.1) is 0 Å². The van der Waals surface area contributed by atoms with E-state index in [1.54, 1.807) is 18.2 Å². The molecule has 2 N–H and O–H groups in total. The molecule has 0 fully saturated rings. The lowest BCUT2D eigenvalue weighted by atomic mass is 9.98. The third-order valence-corrected chi connectivity index (χ3v) is 6.54. The molecule has 0 heterocycles. The van der Waals surface area contributed by atoms with Crippen LogP contribution in [0.4, 0.5) is 4.79 Å². The Labute approximate surface area is 209 Å². The summed E-state index contributed by atoms with van der Waals surface area (Å²) < 4.78 is 10.9. The fourth-order valence-electron chi connectivity index (χ4n) is 4.62. The van der Waals surface area contributed by atoms with Gasteiger partial charge in [-0.25, -0.2) is 9.59 Å². The molecule has 8 heteroatoms. The fourth-order valence-corrected chi connectivity index (χ4v) is 4.62. The van der Waals surface area contributed by atoms with Crippen LogP contribution in [0.3, 0.4) is 0 Å². The van der Waals surface area contributed by atoms with Gasteiger partial charge in [0.05, 0.1) is 12.7 Å². The van der Waals surface area contributed by atoms with Gasteiger partial charge in [-0.3, -0.25) is 9.69 Å². The molecule has 8 nitrogen and oxygen atoms in total. The summed E-state index contributed by atoms with van der Waals surface area (Å²) >= 11 is 0. The molecule has 1 atom stereocenters. The summed E-state index contributed by atoms with van der Waals surface area (Å²) in [5, 5.41) is 12.4. The van der Waals surface area contributed by atoms with Gasteiger partial charge in [-0.15, -0.1) is 0 Å². The molecule has 0 saturated heterocycles. The predicted molar refractivity (Wildman–Crippen MR) is 134 cm³/mol. The fraction of sp³-hybridized carbons (Fsp3) is 0.250. The van der Waals surface area contributed by atoms with Crippen molar-refractivity contribution in [1.29, 1.82) is 0 Å². The van der Waals surface area contributed by atoms with Gasteiger partial charge < -0.3 is 19.9 Å². The first-order valence-electron chi connectivity index (χ1n) is 11.5. The number of nitrogens with zero attached hydrogens (tertiary/aromatic N) is 1. The highest BCUT2D eigenvalue weighted by Gasteiger charge is 2.32. The molecule has 2 amide bonds. The van der Waals surface area contributed by atoms with Crippen molar-refractivity contribution in [2.75, 3.05) is 27.8 Å². The van der Waals surface area contributed by atoms with E-state index in [1.165, 1.54) is 21.2 Å². The Bertz CT molecular complexity index is 1260. The number of hydrogen-bond acceptors (Lipinski definition) is 5. The molecule has 36 heavy (non-hydrogen) atoms.